The van der Waals surface area contributed by atoms with Crippen LogP contribution in [0.15, 0.2) is 24.3 Å². The number of likely N-dealkylation sites (N-methyl/N-ethyl adjacent to an activating group) is 1. The van der Waals surface area contributed by atoms with Gasteiger partial charge in [0, 0.05) is 23.8 Å². The lowest BCUT2D eigenvalue weighted by atomic mass is 9.98. The van der Waals surface area contributed by atoms with Crippen LogP contribution in [0.4, 0.5) is 5.69 Å². The topological polar surface area (TPSA) is 44.4 Å². The molecule has 122 valence electrons. The van der Waals surface area contributed by atoms with Gasteiger partial charge in [0.05, 0.1) is 6.54 Å². The summed E-state index contributed by atoms with van der Waals surface area (Å²) in [7, 11) is 2.07. The number of carbonyl (C=O) groups excluding carboxylic acids is 1. The van der Waals surface area contributed by atoms with Crippen LogP contribution < -0.4 is 10.6 Å². The van der Waals surface area contributed by atoms with Gasteiger partial charge in [-0.05, 0) is 57.4 Å². The summed E-state index contributed by atoms with van der Waals surface area (Å²) in [4.78, 5) is 14.4. The van der Waals surface area contributed by atoms with Crippen molar-refractivity contribution in [3.05, 3.63) is 29.8 Å². The lowest BCUT2D eigenvalue weighted by Gasteiger charge is -2.35. The second-order valence-corrected chi connectivity index (χ2v) is 6.60. The first-order chi connectivity index (χ1) is 10.1. The minimum absolute atomic E-state index is 0. The van der Waals surface area contributed by atoms with Gasteiger partial charge in [-0.15, -0.1) is 12.4 Å². The maximum atomic E-state index is 12.2. The molecule has 2 fully saturated rings. The van der Waals surface area contributed by atoms with Crippen LogP contribution in [0, 0.1) is 6.92 Å². The van der Waals surface area contributed by atoms with Gasteiger partial charge in [-0.1, -0.05) is 12.1 Å². The van der Waals surface area contributed by atoms with Crippen molar-refractivity contribution in [2.24, 2.45) is 0 Å². The number of amides is 1. The Labute approximate surface area is 139 Å². The van der Waals surface area contributed by atoms with Crippen LogP contribution in [-0.2, 0) is 4.79 Å². The van der Waals surface area contributed by atoms with Gasteiger partial charge in [0.15, 0.2) is 0 Å². The van der Waals surface area contributed by atoms with Crippen LogP contribution in [-0.4, -0.2) is 42.5 Å². The van der Waals surface area contributed by atoms with Crippen molar-refractivity contribution in [1.82, 2.24) is 10.2 Å². The highest BCUT2D eigenvalue weighted by atomic mass is 35.5. The molecule has 0 aliphatic carbocycles. The zero-order valence-corrected chi connectivity index (χ0v) is 14.2. The van der Waals surface area contributed by atoms with Gasteiger partial charge < -0.3 is 10.6 Å². The summed E-state index contributed by atoms with van der Waals surface area (Å²) < 4.78 is 0. The minimum Gasteiger partial charge on any atom is -0.325 e. The van der Waals surface area contributed by atoms with Crippen molar-refractivity contribution in [1.29, 1.82) is 0 Å². The Kier molecular flexibility index (Phi) is 5.84. The monoisotopic (exact) mass is 323 g/mol. The summed E-state index contributed by atoms with van der Waals surface area (Å²) in [5, 5.41) is 6.64. The average Bonchev–Trinajstić information content (AvgIpc) is 2.77. The van der Waals surface area contributed by atoms with E-state index in [2.05, 4.69) is 22.6 Å². The van der Waals surface area contributed by atoms with E-state index in [-0.39, 0.29) is 18.3 Å². The zero-order chi connectivity index (χ0) is 14.8. The van der Waals surface area contributed by atoms with Gasteiger partial charge in [0.25, 0.3) is 0 Å². The predicted molar refractivity (Wildman–Crippen MR) is 92.7 cm³/mol. The van der Waals surface area contributed by atoms with Crippen molar-refractivity contribution >= 4 is 24.0 Å². The van der Waals surface area contributed by atoms with Crippen molar-refractivity contribution in [3.63, 3.8) is 0 Å². The summed E-state index contributed by atoms with van der Waals surface area (Å²) in [5.41, 5.74) is 2.05. The molecule has 0 aromatic heterocycles. The molecule has 0 spiro atoms. The van der Waals surface area contributed by atoms with Crippen LogP contribution in [0.3, 0.4) is 0 Å². The fourth-order valence-corrected chi connectivity index (χ4v) is 3.67. The molecule has 2 aliphatic heterocycles. The van der Waals surface area contributed by atoms with Gasteiger partial charge in [-0.25, -0.2) is 0 Å². The van der Waals surface area contributed by atoms with E-state index >= 15 is 0 Å². The molecule has 22 heavy (non-hydrogen) atoms. The highest BCUT2D eigenvalue weighted by molar-refractivity contribution is 5.92. The minimum atomic E-state index is 0. The maximum Gasteiger partial charge on any atom is 0.238 e. The van der Waals surface area contributed by atoms with E-state index in [0.29, 0.717) is 24.7 Å². The zero-order valence-electron chi connectivity index (χ0n) is 13.3. The molecule has 2 unspecified atom stereocenters. The van der Waals surface area contributed by atoms with E-state index in [0.717, 1.165) is 11.3 Å². The fraction of sp³-hybridized carbons (Fsp3) is 0.588. The first kappa shape index (κ1) is 17.3. The molecule has 0 radical (unpaired) electrons. The maximum absolute atomic E-state index is 12.2. The number of carbonyl (C=O) groups is 1. The number of nitrogens with one attached hydrogen (secondary N) is 2. The van der Waals surface area contributed by atoms with Crippen LogP contribution in [0.25, 0.3) is 0 Å². The standard InChI is InChI=1S/C17H25N3O.ClH/c1-12-4-3-5-13(8-12)19-17(21)11-20(2)16-9-14-6-7-15(10-16)18-14;/h3-5,8,14-16,18H,6-7,9-11H2,1-2H3,(H,19,21);1H. The van der Waals surface area contributed by atoms with E-state index < -0.39 is 0 Å². The normalized spacial score (nSPS) is 26.6. The Morgan fingerprint density at radius 3 is 2.64 bits per heavy atom. The Hall–Kier alpha value is -1.10. The number of aryl methyl sites for hydroxylation is 1. The second-order valence-electron chi connectivity index (χ2n) is 6.60. The van der Waals surface area contributed by atoms with E-state index in [4.69, 9.17) is 0 Å². The Balaban J connectivity index is 0.00000176. The van der Waals surface area contributed by atoms with Crippen LogP contribution >= 0.6 is 12.4 Å². The molecular formula is C17H26ClN3O. The largest absolute Gasteiger partial charge is 0.325 e. The lowest BCUT2D eigenvalue weighted by Crippen LogP contribution is -2.48. The molecule has 1 amide bonds. The summed E-state index contributed by atoms with van der Waals surface area (Å²) in [6, 6.07) is 9.81. The number of nitrogens with zero attached hydrogens (tertiary/aromatic N) is 1. The number of piperidine rings is 1. The fourth-order valence-electron chi connectivity index (χ4n) is 3.67. The number of benzene rings is 1. The van der Waals surface area contributed by atoms with Crippen LogP contribution in [0.2, 0.25) is 0 Å². The van der Waals surface area contributed by atoms with Crippen LogP contribution in [0.5, 0.6) is 0 Å². The van der Waals surface area contributed by atoms with E-state index in [1.165, 1.54) is 25.7 Å². The number of anilines is 1. The van der Waals surface area contributed by atoms with Gasteiger partial charge in [0.1, 0.15) is 0 Å². The molecule has 2 saturated heterocycles. The summed E-state index contributed by atoms with van der Waals surface area (Å²) in [6.45, 7) is 2.50. The smallest absolute Gasteiger partial charge is 0.238 e. The molecule has 3 rings (SSSR count). The second kappa shape index (κ2) is 7.44. The molecule has 2 heterocycles. The summed E-state index contributed by atoms with van der Waals surface area (Å²) >= 11 is 0. The number of hydrogen-bond acceptors (Lipinski definition) is 3. The van der Waals surface area contributed by atoms with Gasteiger partial charge in [0.2, 0.25) is 5.91 Å². The molecule has 0 saturated carbocycles. The number of hydrogen-bond donors (Lipinski definition) is 2. The molecule has 2 N–H and O–H groups in total. The van der Waals surface area contributed by atoms with E-state index in [1.807, 2.05) is 31.2 Å². The first-order valence-electron chi connectivity index (χ1n) is 7.93. The first-order valence-corrected chi connectivity index (χ1v) is 7.93. The molecule has 1 aromatic carbocycles. The van der Waals surface area contributed by atoms with Gasteiger partial charge >= 0.3 is 0 Å². The molecule has 2 atom stereocenters. The molecule has 1 aromatic rings. The van der Waals surface area contributed by atoms with E-state index in [9.17, 15) is 4.79 Å². The molecule has 4 nitrogen and oxygen atoms in total. The number of halogens is 1. The molecule has 2 bridgehead atoms. The third-order valence-corrected chi connectivity index (χ3v) is 4.77. The highest BCUT2D eigenvalue weighted by Crippen LogP contribution is 2.29. The van der Waals surface area contributed by atoms with Crippen molar-refractivity contribution in [3.8, 4) is 0 Å². The molecule has 5 heteroatoms. The van der Waals surface area contributed by atoms with Gasteiger partial charge in [-0.3, -0.25) is 9.69 Å². The Morgan fingerprint density at radius 1 is 1.32 bits per heavy atom. The van der Waals surface area contributed by atoms with E-state index in [1.54, 1.807) is 0 Å². The Bertz CT molecular complexity index is 510. The van der Waals surface area contributed by atoms with Crippen molar-refractivity contribution in [2.45, 2.75) is 50.7 Å². The quantitative estimate of drug-likeness (QED) is 0.895. The van der Waals surface area contributed by atoms with Crippen molar-refractivity contribution < 1.29 is 4.79 Å². The number of rotatable bonds is 4. The molecule has 2 aliphatic rings. The summed E-state index contributed by atoms with van der Waals surface area (Å²) in [5.74, 6) is 0.0778. The highest BCUT2D eigenvalue weighted by Gasteiger charge is 2.35. The average molecular weight is 324 g/mol. The Morgan fingerprint density at radius 2 is 2.00 bits per heavy atom. The third-order valence-electron chi connectivity index (χ3n) is 4.77. The third kappa shape index (κ3) is 4.22. The van der Waals surface area contributed by atoms with Crippen LogP contribution in [0.1, 0.15) is 31.2 Å². The van der Waals surface area contributed by atoms with Crippen molar-refractivity contribution in [2.75, 3.05) is 18.9 Å². The summed E-state index contributed by atoms with van der Waals surface area (Å²) in [6.07, 6.45) is 4.93. The SMILES string of the molecule is Cc1cccc(NC(=O)CN(C)C2CC3CCC(C2)N3)c1.Cl. The number of fused-ring (bicyclic) bond motifs is 2. The molecular weight excluding hydrogens is 298 g/mol. The predicted octanol–water partition coefficient (Wildman–Crippen LogP) is 2.57. The van der Waals surface area contributed by atoms with Gasteiger partial charge in [-0.2, -0.15) is 0 Å². The lowest BCUT2D eigenvalue weighted by molar-refractivity contribution is -0.117.